The molecule has 1 heterocycles. The lowest BCUT2D eigenvalue weighted by atomic mass is 9.75. The summed E-state index contributed by atoms with van der Waals surface area (Å²) >= 11 is 0. The summed E-state index contributed by atoms with van der Waals surface area (Å²) in [4.78, 5) is 4.96. The third-order valence-electron chi connectivity index (χ3n) is 4.06. The molecule has 0 radical (unpaired) electrons. The smallest absolute Gasteiger partial charge is 0.0330 e. The molecule has 1 unspecified atom stereocenters. The Kier molecular flexibility index (Phi) is 2.82. The SMILES string of the molecule is CN(C)C1(CN2CCC(N)C2)CCC1. The summed E-state index contributed by atoms with van der Waals surface area (Å²) < 4.78 is 0. The fourth-order valence-corrected chi connectivity index (χ4v) is 2.75. The Hall–Kier alpha value is -0.120. The van der Waals surface area contributed by atoms with Crippen molar-refractivity contribution in [2.75, 3.05) is 33.7 Å². The van der Waals surface area contributed by atoms with Crippen molar-refractivity contribution in [1.82, 2.24) is 9.80 Å². The molecule has 1 aliphatic heterocycles. The molecule has 3 heteroatoms. The summed E-state index contributed by atoms with van der Waals surface area (Å²) in [7, 11) is 4.43. The van der Waals surface area contributed by atoms with Gasteiger partial charge in [0.15, 0.2) is 0 Å². The van der Waals surface area contributed by atoms with Gasteiger partial charge in [-0.05, 0) is 46.3 Å². The van der Waals surface area contributed by atoms with Crippen molar-refractivity contribution in [3.8, 4) is 0 Å². The number of rotatable bonds is 3. The molecule has 2 aliphatic rings. The predicted octanol–water partition coefficient (Wildman–Crippen LogP) is 0.504. The van der Waals surface area contributed by atoms with E-state index in [2.05, 4.69) is 23.9 Å². The zero-order valence-electron chi connectivity index (χ0n) is 9.50. The minimum atomic E-state index is 0.425. The number of nitrogens with zero attached hydrogens (tertiary/aromatic N) is 2. The van der Waals surface area contributed by atoms with Gasteiger partial charge in [0, 0.05) is 24.7 Å². The van der Waals surface area contributed by atoms with Gasteiger partial charge < -0.3 is 10.6 Å². The van der Waals surface area contributed by atoms with Gasteiger partial charge in [-0.1, -0.05) is 0 Å². The van der Waals surface area contributed by atoms with Crippen LogP contribution in [-0.4, -0.2) is 55.1 Å². The molecule has 14 heavy (non-hydrogen) atoms. The first-order valence-electron chi connectivity index (χ1n) is 5.78. The Morgan fingerprint density at radius 2 is 2.14 bits per heavy atom. The third kappa shape index (κ3) is 1.81. The van der Waals surface area contributed by atoms with E-state index in [1.807, 2.05) is 0 Å². The lowest BCUT2D eigenvalue weighted by Gasteiger charge is -2.49. The summed E-state index contributed by atoms with van der Waals surface area (Å²) in [5.74, 6) is 0. The maximum atomic E-state index is 5.92. The quantitative estimate of drug-likeness (QED) is 0.715. The lowest BCUT2D eigenvalue weighted by Crippen LogP contribution is -2.57. The van der Waals surface area contributed by atoms with Crippen molar-refractivity contribution >= 4 is 0 Å². The van der Waals surface area contributed by atoms with Gasteiger partial charge in [0.2, 0.25) is 0 Å². The highest BCUT2D eigenvalue weighted by atomic mass is 15.2. The van der Waals surface area contributed by atoms with Crippen molar-refractivity contribution in [1.29, 1.82) is 0 Å². The first-order valence-corrected chi connectivity index (χ1v) is 5.78. The highest BCUT2D eigenvalue weighted by Crippen LogP contribution is 2.37. The fraction of sp³-hybridized carbons (Fsp3) is 1.00. The average Bonchev–Trinajstić information content (AvgIpc) is 2.43. The summed E-state index contributed by atoms with van der Waals surface area (Å²) in [5, 5.41) is 0. The van der Waals surface area contributed by atoms with Crippen molar-refractivity contribution < 1.29 is 0 Å². The van der Waals surface area contributed by atoms with Crippen LogP contribution in [0.3, 0.4) is 0 Å². The van der Waals surface area contributed by atoms with Gasteiger partial charge in [-0.25, -0.2) is 0 Å². The summed E-state index contributed by atoms with van der Waals surface area (Å²) in [6.45, 7) is 3.54. The third-order valence-corrected chi connectivity index (χ3v) is 4.06. The molecule has 2 N–H and O–H groups in total. The van der Waals surface area contributed by atoms with Crippen LogP contribution >= 0.6 is 0 Å². The first-order chi connectivity index (χ1) is 6.62. The van der Waals surface area contributed by atoms with Crippen molar-refractivity contribution in [2.24, 2.45) is 5.73 Å². The number of hydrogen-bond acceptors (Lipinski definition) is 3. The van der Waals surface area contributed by atoms with Gasteiger partial charge in [0.25, 0.3) is 0 Å². The summed E-state index contributed by atoms with van der Waals surface area (Å²) in [6, 6.07) is 0.425. The van der Waals surface area contributed by atoms with E-state index >= 15 is 0 Å². The largest absolute Gasteiger partial charge is 0.326 e. The molecule has 82 valence electrons. The molecule has 1 saturated carbocycles. The number of likely N-dealkylation sites (tertiary alicyclic amines) is 1. The minimum absolute atomic E-state index is 0.425. The Morgan fingerprint density at radius 1 is 1.43 bits per heavy atom. The second kappa shape index (κ2) is 3.80. The van der Waals surface area contributed by atoms with Crippen LogP contribution in [0.2, 0.25) is 0 Å². The molecule has 2 rings (SSSR count). The van der Waals surface area contributed by atoms with E-state index in [0.29, 0.717) is 11.6 Å². The fourth-order valence-electron chi connectivity index (χ4n) is 2.75. The van der Waals surface area contributed by atoms with Crippen molar-refractivity contribution in [2.45, 2.75) is 37.3 Å². The molecule has 1 saturated heterocycles. The van der Waals surface area contributed by atoms with E-state index < -0.39 is 0 Å². The monoisotopic (exact) mass is 197 g/mol. The molecule has 0 aromatic carbocycles. The Balaban J connectivity index is 1.89. The summed E-state index contributed by atoms with van der Waals surface area (Å²) in [6.07, 6.45) is 5.32. The highest BCUT2D eigenvalue weighted by molar-refractivity contribution is 4.99. The van der Waals surface area contributed by atoms with Gasteiger partial charge in [0.1, 0.15) is 0 Å². The Bertz CT molecular complexity index is 199. The molecule has 0 spiro atoms. The molecule has 0 amide bonds. The molecule has 0 aromatic heterocycles. The standard InChI is InChI=1S/C11H23N3/c1-13(2)11(5-3-6-11)9-14-7-4-10(12)8-14/h10H,3-9,12H2,1-2H3. The van der Waals surface area contributed by atoms with E-state index in [-0.39, 0.29) is 0 Å². The van der Waals surface area contributed by atoms with Gasteiger partial charge in [0.05, 0.1) is 0 Å². The van der Waals surface area contributed by atoms with E-state index in [1.54, 1.807) is 0 Å². The lowest BCUT2D eigenvalue weighted by molar-refractivity contribution is 0.0269. The van der Waals surface area contributed by atoms with Gasteiger partial charge in [-0.15, -0.1) is 0 Å². The van der Waals surface area contributed by atoms with Gasteiger partial charge in [-0.3, -0.25) is 4.90 Å². The average molecular weight is 197 g/mol. The summed E-state index contributed by atoms with van der Waals surface area (Å²) in [5.41, 5.74) is 6.40. The molecule has 1 aliphatic carbocycles. The number of hydrogen-bond donors (Lipinski definition) is 1. The van der Waals surface area contributed by atoms with Crippen LogP contribution in [0.15, 0.2) is 0 Å². The van der Waals surface area contributed by atoms with Crippen LogP contribution in [0.5, 0.6) is 0 Å². The molecule has 1 atom stereocenters. The molecule has 2 fully saturated rings. The van der Waals surface area contributed by atoms with E-state index in [1.165, 1.54) is 38.8 Å². The molecule has 0 aromatic rings. The molecular weight excluding hydrogens is 174 g/mol. The topological polar surface area (TPSA) is 32.5 Å². The number of likely N-dealkylation sites (N-methyl/N-ethyl adjacent to an activating group) is 1. The van der Waals surface area contributed by atoms with E-state index in [0.717, 1.165) is 6.54 Å². The molecule has 0 bridgehead atoms. The first kappa shape index (κ1) is 10.4. The van der Waals surface area contributed by atoms with Crippen LogP contribution in [0, 0.1) is 0 Å². The molecular formula is C11H23N3. The Labute approximate surface area is 87.2 Å². The second-order valence-corrected chi connectivity index (χ2v) is 5.26. The number of nitrogens with two attached hydrogens (primary N) is 1. The maximum Gasteiger partial charge on any atom is 0.0330 e. The van der Waals surface area contributed by atoms with Crippen LogP contribution < -0.4 is 5.73 Å². The minimum Gasteiger partial charge on any atom is -0.326 e. The molecule has 3 nitrogen and oxygen atoms in total. The van der Waals surface area contributed by atoms with E-state index in [9.17, 15) is 0 Å². The van der Waals surface area contributed by atoms with Crippen LogP contribution in [-0.2, 0) is 0 Å². The van der Waals surface area contributed by atoms with Crippen molar-refractivity contribution in [3.05, 3.63) is 0 Å². The predicted molar refractivity (Wildman–Crippen MR) is 59.3 cm³/mol. The van der Waals surface area contributed by atoms with Gasteiger partial charge in [-0.2, -0.15) is 0 Å². The van der Waals surface area contributed by atoms with Crippen LogP contribution in [0.25, 0.3) is 0 Å². The second-order valence-electron chi connectivity index (χ2n) is 5.26. The van der Waals surface area contributed by atoms with Crippen LogP contribution in [0.4, 0.5) is 0 Å². The van der Waals surface area contributed by atoms with Crippen molar-refractivity contribution in [3.63, 3.8) is 0 Å². The van der Waals surface area contributed by atoms with E-state index in [4.69, 9.17) is 5.73 Å². The highest BCUT2D eigenvalue weighted by Gasteiger charge is 2.41. The normalized spacial score (nSPS) is 32.1. The van der Waals surface area contributed by atoms with Gasteiger partial charge >= 0.3 is 0 Å². The maximum absolute atomic E-state index is 5.92. The Morgan fingerprint density at radius 3 is 2.50 bits per heavy atom. The zero-order valence-corrected chi connectivity index (χ0v) is 9.50. The zero-order chi connectivity index (χ0) is 10.2. The van der Waals surface area contributed by atoms with Crippen LogP contribution in [0.1, 0.15) is 25.7 Å².